The molecule has 0 saturated carbocycles. The van der Waals surface area contributed by atoms with Crippen LogP contribution in [0.5, 0.6) is 0 Å². The molecule has 0 aliphatic heterocycles. The van der Waals surface area contributed by atoms with E-state index in [2.05, 4.69) is 37.2 Å². The van der Waals surface area contributed by atoms with Crippen LogP contribution in [0.25, 0.3) is 0 Å². The predicted molar refractivity (Wildman–Crippen MR) is 90.9 cm³/mol. The highest BCUT2D eigenvalue weighted by atomic mass is 79.9. The summed E-state index contributed by atoms with van der Waals surface area (Å²) in [4.78, 5) is 11.3. The van der Waals surface area contributed by atoms with E-state index in [0.717, 1.165) is 17.7 Å². The Balaban J connectivity index is 2.10. The van der Waals surface area contributed by atoms with Gasteiger partial charge in [0.2, 0.25) is 5.91 Å². The first kappa shape index (κ1) is 18.0. The Morgan fingerprint density at radius 3 is 2.26 bits per heavy atom. The van der Waals surface area contributed by atoms with E-state index in [-0.39, 0.29) is 10.5 Å². The molecule has 2 rings (SSSR count). The van der Waals surface area contributed by atoms with Crippen LogP contribution < -0.4 is 5.32 Å². The van der Waals surface area contributed by atoms with Gasteiger partial charge in [-0.25, -0.2) is 0 Å². The Morgan fingerprint density at radius 2 is 1.65 bits per heavy atom. The van der Waals surface area contributed by atoms with Crippen molar-refractivity contribution >= 4 is 43.5 Å². The fourth-order valence-electron chi connectivity index (χ4n) is 1.92. The van der Waals surface area contributed by atoms with Gasteiger partial charge in [-0.1, -0.05) is 68.3 Å². The predicted octanol–water partition coefficient (Wildman–Crippen LogP) is 5.54. The van der Waals surface area contributed by atoms with E-state index in [0.29, 0.717) is 0 Å². The molecule has 0 aromatic heterocycles. The van der Waals surface area contributed by atoms with Crippen LogP contribution >= 0.6 is 31.9 Å². The van der Waals surface area contributed by atoms with Crippen LogP contribution in [0.2, 0.25) is 0 Å². The summed E-state index contributed by atoms with van der Waals surface area (Å²) in [5.41, 5.74) is 0.176. The molecular formula is C16H12Br2F3NO. The lowest BCUT2D eigenvalue weighted by Gasteiger charge is -2.17. The quantitative estimate of drug-likeness (QED) is 0.608. The first-order chi connectivity index (χ1) is 10.8. The van der Waals surface area contributed by atoms with Gasteiger partial charge in [0.15, 0.2) is 0 Å². The van der Waals surface area contributed by atoms with Gasteiger partial charge in [-0.05, 0) is 23.8 Å². The topological polar surface area (TPSA) is 29.1 Å². The standard InChI is InChI=1S/C16H12Br2F3NO/c17-13(10-5-2-1-3-6-10)14(18)15(23)22-12-8-4-7-11(9-12)16(19,20)21/h1-9,13-14H,(H,22,23)/t13-,14+/m1/s1. The molecule has 7 heteroatoms. The summed E-state index contributed by atoms with van der Waals surface area (Å²) < 4.78 is 38.1. The van der Waals surface area contributed by atoms with Gasteiger partial charge in [-0.15, -0.1) is 0 Å². The fourth-order valence-corrected chi connectivity index (χ4v) is 2.89. The molecule has 0 bridgehead atoms. The maximum absolute atomic E-state index is 12.7. The number of halogens is 5. The molecule has 0 fully saturated rings. The van der Waals surface area contributed by atoms with Crippen molar-refractivity contribution in [2.75, 3.05) is 5.32 Å². The summed E-state index contributed by atoms with van der Waals surface area (Å²) in [5.74, 6) is -0.435. The molecule has 0 aliphatic rings. The summed E-state index contributed by atoms with van der Waals surface area (Å²) in [6.45, 7) is 0. The molecule has 2 nitrogen and oxygen atoms in total. The molecule has 2 atom stereocenters. The van der Waals surface area contributed by atoms with Crippen LogP contribution in [-0.4, -0.2) is 10.7 Å². The Bertz CT molecular complexity index is 677. The van der Waals surface area contributed by atoms with E-state index in [1.54, 1.807) is 0 Å². The van der Waals surface area contributed by atoms with Crippen LogP contribution in [0, 0.1) is 0 Å². The number of anilines is 1. The summed E-state index contributed by atoms with van der Waals surface area (Å²) in [6.07, 6.45) is -4.45. The minimum Gasteiger partial charge on any atom is -0.325 e. The van der Waals surface area contributed by atoms with Gasteiger partial charge in [0, 0.05) is 5.69 Å². The zero-order chi connectivity index (χ0) is 17.0. The van der Waals surface area contributed by atoms with E-state index in [4.69, 9.17) is 0 Å². The van der Waals surface area contributed by atoms with Crippen molar-refractivity contribution in [3.05, 3.63) is 65.7 Å². The molecule has 0 unspecified atom stereocenters. The fraction of sp³-hybridized carbons (Fsp3) is 0.188. The lowest BCUT2D eigenvalue weighted by Crippen LogP contribution is -2.26. The number of carbonyl (C=O) groups is 1. The number of hydrogen-bond donors (Lipinski definition) is 1. The van der Waals surface area contributed by atoms with E-state index < -0.39 is 22.5 Å². The third-order valence-electron chi connectivity index (χ3n) is 3.08. The van der Waals surface area contributed by atoms with Crippen molar-refractivity contribution in [3.63, 3.8) is 0 Å². The van der Waals surface area contributed by atoms with Crippen LogP contribution in [0.1, 0.15) is 16.0 Å². The highest BCUT2D eigenvalue weighted by Gasteiger charge is 2.31. The molecule has 0 radical (unpaired) electrons. The van der Waals surface area contributed by atoms with Gasteiger partial charge in [0.05, 0.1) is 10.4 Å². The van der Waals surface area contributed by atoms with Gasteiger partial charge < -0.3 is 5.32 Å². The molecule has 1 N–H and O–H groups in total. The Kier molecular flexibility index (Phi) is 5.86. The lowest BCUT2D eigenvalue weighted by atomic mass is 10.1. The minimum atomic E-state index is -4.45. The third kappa shape index (κ3) is 4.81. The summed E-state index contributed by atoms with van der Waals surface area (Å²) >= 11 is 6.70. The van der Waals surface area contributed by atoms with E-state index in [9.17, 15) is 18.0 Å². The SMILES string of the molecule is O=C(Nc1cccc(C(F)(F)F)c1)[C@@H](Br)[C@H](Br)c1ccccc1. The number of amides is 1. The van der Waals surface area contributed by atoms with E-state index >= 15 is 0 Å². The molecular weight excluding hydrogens is 439 g/mol. The molecule has 0 spiro atoms. The third-order valence-corrected chi connectivity index (χ3v) is 5.79. The first-order valence-electron chi connectivity index (χ1n) is 6.60. The van der Waals surface area contributed by atoms with Crippen molar-refractivity contribution in [1.82, 2.24) is 0 Å². The van der Waals surface area contributed by atoms with Gasteiger partial charge >= 0.3 is 6.18 Å². The maximum Gasteiger partial charge on any atom is 0.416 e. The normalized spacial score (nSPS) is 14.1. The van der Waals surface area contributed by atoms with Crippen LogP contribution in [0.3, 0.4) is 0 Å². The highest BCUT2D eigenvalue weighted by Crippen LogP contribution is 2.33. The molecule has 0 aliphatic carbocycles. The average Bonchev–Trinajstić information content (AvgIpc) is 2.53. The summed E-state index contributed by atoms with van der Waals surface area (Å²) in [6, 6.07) is 13.8. The zero-order valence-electron chi connectivity index (χ0n) is 11.6. The van der Waals surface area contributed by atoms with E-state index in [1.807, 2.05) is 30.3 Å². The lowest BCUT2D eigenvalue weighted by molar-refractivity contribution is -0.137. The van der Waals surface area contributed by atoms with Gasteiger partial charge in [-0.2, -0.15) is 13.2 Å². The van der Waals surface area contributed by atoms with Crippen molar-refractivity contribution in [2.24, 2.45) is 0 Å². The molecule has 2 aromatic carbocycles. The molecule has 1 amide bonds. The maximum atomic E-state index is 12.7. The zero-order valence-corrected chi connectivity index (χ0v) is 14.8. The second-order valence-electron chi connectivity index (χ2n) is 4.78. The van der Waals surface area contributed by atoms with Crippen LogP contribution in [-0.2, 0) is 11.0 Å². The second-order valence-corrected chi connectivity index (χ2v) is 6.76. The smallest absolute Gasteiger partial charge is 0.325 e. The van der Waals surface area contributed by atoms with Gasteiger partial charge in [-0.3, -0.25) is 4.79 Å². The average molecular weight is 451 g/mol. The monoisotopic (exact) mass is 449 g/mol. The molecule has 23 heavy (non-hydrogen) atoms. The highest BCUT2D eigenvalue weighted by molar-refractivity contribution is 9.12. The number of benzene rings is 2. The van der Waals surface area contributed by atoms with Crippen LogP contribution in [0.15, 0.2) is 54.6 Å². The van der Waals surface area contributed by atoms with Crippen molar-refractivity contribution < 1.29 is 18.0 Å². The molecule has 0 saturated heterocycles. The summed E-state index contributed by atoms with van der Waals surface area (Å²) in [5, 5.41) is 2.49. The van der Waals surface area contributed by atoms with Gasteiger partial charge in [0.25, 0.3) is 0 Å². The molecule has 0 heterocycles. The number of hydrogen-bond acceptors (Lipinski definition) is 1. The second kappa shape index (κ2) is 7.49. The first-order valence-corrected chi connectivity index (χ1v) is 8.43. The number of alkyl halides is 5. The Hall–Kier alpha value is -1.34. The number of nitrogens with one attached hydrogen (secondary N) is 1. The largest absolute Gasteiger partial charge is 0.416 e. The van der Waals surface area contributed by atoms with Crippen molar-refractivity contribution in [3.8, 4) is 0 Å². The number of rotatable bonds is 4. The minimum absolute atomic E-state index is 0.0991. The van der Waals surface area contributed by atoms with Crippen molar-refractivity contribution in [1.29, 1.82) is 0 Å². The van der Waals surface area contributed by atoms with Crippen molar-refractivity contribution in [2.45, 2.75) is 15.8 Å². The van der Waals surface area contributed by atoms with Crippen LogP contribution in [0.4, 0.5) is 18.9 Å². The summed E-state index contributed by atoms with van der Waals surface area (Å²) in [7, 11) is 0. The van der Waals surface area contributed by atoms with Gasteiger partial charge in [0.1, 0.15) is 4.83 Å². The Labute approximate surface area is 148 Å². The number of carbonyl (C=O) groups excluding carboxylic acids is 1. The Morgan fingerprint density at radius 1 is 1.00 bits per heavy atom. The van der Waals surface area contributed by atoms with E-state index in [1.165, 1.54) is 12.1 Å². The molecule has 2 aromatic rings. The molecule has 122 valence electrons.